The maximum Gasteiger partial charge on any atom is 0.413 e. The van der Waals surface area contributed by atoms with Crippen molar-refractivity contribution < 1.29 is 22.3 Å². The van der Waals surface area contributed by atoms with E-state index in [4.69, 9.17) is 11.6 Å². The van der Waals surface area contributed by atoms with Crippen molar-refractivity contribution in [3.63, 3.8) is 0 Å². The molecule has 3 rings (SSSR count). The van der Waals surface area contributed by atoms with E-state index in [1.807, 2.05) is 0 Å². The molecule has 0 fully saturated rings. The number of nitrogens with zero attached hydrogens (tertiary/aromatic N) is 2. The summed E-state index contributed by atoms with van der Waals surface area (Å²) in [4.78, 5) is 16.2. The van der Waals surface area contributed by atoms with Crippen molar-refractivity contribution in [1.29, 1.82) is 0 Å². The quantitative estimate of drug-likeness (QED) is 0.848. The highest BCUT2D eigenvalue weighted by Gasteiger charge is 2.31. The van der Waals surface area contributed by atoms with Gasteiger partial charge in [-0.1, -0.05) is 22.9 Å². The molecule has 1 aliphatic rings. The monoisotopic (exact) mass is 405 g/mol. The van der Waals surface area contributed by atoms with Crippen LogP contribution in [0.1, 0.15) is 10.6 Å². The van der Waals surface area contributed by atoms with Crippen LogP contribution in [0.5, 0.6) is 0 Å². The average Bonchev–Trinajstić information content (AvgIpc) is 2.98. The molecule has 0 aliphatic carbocycles. The van der Waals surface area contributed by atoms with E-state index in [9.17, 15) is 17.6 Å². The van der Waals surface area contributed by atoms with Crippen LogP contribution in [0.25, 0.3) is 0 Å². The fourth-order valence-corrected chi connectivity index (χ4v) is 5.13. The van der Waals surface area contributed by atoms with Crippen molar-refractivity contribution in [2.24, 2.45) is 0 Å². The van der Waals surface area contributed by atoms with Gasteiger partial charge in [-0.2, -0.15) is 4.31 Å². The summed E-state index contributed by atoms with van der Waals surface area (Å²) in [6, 6.07) is 3.30. The maximum atomic E-state index is 13.3. The Bertz CT molecular complexity index is 932. The highest BCUT2D eigenvalue weighted by molar-refractivity contribution is 7.89. The summed E-state index contributed by atoms with van der Waals surface area (Å²) in [5, 5.41) is 2.57. The number of benzene rings is 1. The number of rotatable bonds is 3. The number of carbonyl (C=O) groups is 1. The number of hydrogen-bond acceptors (Lipinski definition) is 6. The summed E-state index contributed by atoms with van der Waals surface area (Å²) < 4.78 is 44.5. The molecule has 0 radical (unpaired) electrons. The van der Waals surface area contributed by atoms with Crippen LogP contribution in [-0.2, 0) is 27.7 Å². The van der Waals surface area contributed by atoms with Crippen molar-refractivity contribution in [3.05, 3.63) is 39.6 Å². The lowest BCUT2D eigenvalue weighted by atomic mass is 10.2. The van der Waals surface area contributed by atoms with Crippen LogP contribution in [0.15, 0.2) is 23.1 Å². The maximum absolute atomic E-state index is 13.3. The SMILES string of the molecule is COC(=O)Nc1nc2c(s1)CN(S(=O)(=O)c1ccc(F)c(Cl)c1)CC2. The Morgan fingerprint density at radius 3 is 2.92 bits per heavy atom. The Morgan fingerprint density at radius 1 is 1.48 bits per heavy atom. The number of halogens is 2. The van der Waals surface area contributed by atoms with Crippen LogP contribution in [0.4, 0.5) is 14.3 Å². The smallest absolute Gasteiger partial charge is 0.413 e. The van der Waals surface area contributed by atoms with Gasteiger partial charge in [0.15, 0.2) is 5.13 Å². The molecule has 134 valence electrons. The highest BCUT2D eigenvalue weighted by Crippen LogP contribution is 2.31. The molecule has 0 bridgehead atoms. The van der Waals surface area contributed by atoms with Crippen LogP contribution in [0.3, 0.4) is 0 Å². The molecule has 0 atom stereocenters. The zero-order valence-corrected chi connectivity index (χ0v) is 15.3. The first-order valence-corrected chi connectivity index (χ1v) is 9.73. The fraction of sp³-hybridized carbons (Fsp3) is 0.286. The van der Waals surface area contributed by atoms with Gasteiger partial charge >= 0.3 is 6.09 Å². The van der Waals surface area contributed by atoms with Crippen LogP contribution in [0, 0.1) is 5.82 Å². The first-order chi connectivity index (χ1) is 11.8. The van der Waals surface area contributed by atoms with E-state index in [0.717, 1.165) is 22.7 Å². The van der Waals surface area contributed by atoms with E-state index in [1.165, 1.54) is 28.8 Å². The second-order valence-electron chi connectivity index (χ2n) is 5.17. The van der Waals surface area contributed by atoms with Crippen LogP contribution < -0.4 is 5.32 Å². The summed E-state index contributed by atoms with van der Waals surface area (Å²) in [7, 11) is -2.57. The minimum atomic E-state index is -3.81. The van der Waals surface area contributed by atoms with Crippen molar-refractivity contribution in [2.45, 2.75) is 17.9 Å². The molecule has 0 spiro atoms. The molecule has 0 saturated carbocycles. The Labute approximate surface area is 152 Å². The van der Waals surface area contributed by atoms with E-state index in [0.29, 0.717) is 11.6 Å². The third kappa shape index (κ3) is 3.61. The number of amides is 1. The molecule has 2 aromatic rings. The predicted octanol–water partition coefficient (Wildman–Crippen LogP) is 2.86. The third-order valence-electron chi connectivity index (χ3n) is 3.62. The number of hydrogen-bond donors (Lipinski definition) is 1. The first kappa shape index (κ1) is 18.1. The number of sulfonamides is 1. The molecule has 0 unspecified atom stereocenters. The highest BCUT2D eigenvalue weighted by atomic mass is 35.5. The molecule has 7 nitrogen and oxygen atoms in total. The lowest BCUT2D eigenvalue weighted by Gasteiger charge is -2.25. The average molecular weight is 406 g/mol. The van der Waals surface area contributed by atoms with Gasteiger partial charge in [0.05, 0.1) is 29.3 Å². The normalized spacial score (nSPS) is 14.8. The Kier molecular flexibility index (Phi) is 4.96. The topological polar surface area (TPSA) is 88.6 Å². The first-order valence-electron chi connectivity index (χ1n) is 7.10. The number of nitrogens with one attached hydrogen (secondary N) is 1. The summed E-state index contributed by atoms with van der Waals surface area (Å²) in [6.45, 7) is 0.346. The molecule has 2 heterocycles. The zero-order valence-electron chi connectivity index (χ0n) is 13.0. The zero-order chi connectivity index (χ0) is 18.2. The summed E-state index contributed by atoms with van der Waals surface area (Å²) >= 11 is 6.87. The van der Waals surface area contributed by atoms with Gasteiger partial charge in [0, 0.05) is 17.8 Å². The molecule has 0 saturated heterocycles. The molecule has 1 aromatic carbocycles. The number of ether oxygens (including phenoxy) is 1. The minimum Gasteiger partial charge on any atom is -0.453 e. The van der Waals surface area contributed by atoms with Gasteiger partial charge in [0.25, 0.3) is 0 Å². The number of anilines is 1. The van der Waals surface area contributed by atoms with Gasteiger partial charge in [-0.3, -0.25) is 5.32 Å². The predicted molar refractivity (Wildman–Crippen MR) is 90.9 cm³/mol. The summed E-state index contributed by atoms with van der Waals surface area (Å²) in [6.07, 6.45) is -0.237. The van der Waals surface area contributed by atoms with Gasteiger partial charge in [-0.05, 0) is 18.2 Å². The molecule has 1 aromatic heterocycles. The third-order valence-corrected chi connectivity index (χ3v) is 6.75. The Hall–Kier alpha value is -1.75. The van der Waals surface area contributed by atoms with Crippen molar-refractivity contribution in [2.75, 3.05) is 19.0 Å². The number of aromatic nitrogens is 1. The Morgan fingerprint density at radius 2 is 2.24 bits per heavy atom. The number of carbonyl (C=O) groups excluding carboxylic acids is 1. The van der Waals surface area contributed by atoms with E-state index in [-0.39, 0.29) is 23.0 Å². The molecular formula is C14H13ClFN3O4S2. The van der Waals surface area contributed by atoms with Crippen molar-refractivity contribution in [1.82, 2.24) is 9.29 Å². The van der Waals surface area contributed by atoms with Crippen LogP contribution in [0.2, 0.25) is 5.02 Å². The second-order valence-corrected chi connectivity index (χ2v) is 8.60. The van der Waals surface area contributed by atoms with Gasteiger partial charge < -0.3 is 4.74 Å². The van der Waals surface area contributed by atoms with E-state index in [1.54, 1.807) is 0 Å². The van der Waals surface area contributed by atoms with Crippen molar-refractivity contribution >= 4 is 44.2 Å². The number of methoxy groups -OCH3 is 1. The number of fused-ring (bicyclic) bond motifs is 1. The molecule has 1 amide bonds. The molecule has 11 heteroatoms. The molecule has 1 N–H and O–H groups in total. The van der Waals surface area contributed by atoms with E-state index >= 15 is 0 Å². The van der Waals surface area contributed by atoms with Gasteiger partial charge in [-0.25, -0.2) is 22.6 Å². The van der Waals surface area contributed by atoms with E-state index in [2.05, 4.69) is 15.0 Å². The fourth-order valence-electron chi connectivity index (χ4n) is 2.36. The second kappa shape index (κ2) is 6.87. The Balaban J connectivity index is 1.84. The van der Waals surface area contributed by atoms with Crippen LogP contribution >= 0.6 is 22.9 Å². The standard InChI is InChI=1S/C14H13ClFN3O4S2/c1-23-14(20)18-13-17-11-4-5-19(7-12(11)24-13)25(21,22)8-2-3-10(16)9(15)6-8/h2-3,6H,4-5,7H2,1H3,(H,17,18,20). The summed E-state index contributed by atoms with van der Waals surface area (Å²) in [5.74, 6) is -0.678. The lowest BCUT2D eigenvalue weighted by molar-refractivity contribution is 0.187. The summed E-state index contributed by atoms with van der Waals surface area (Å²) in [5.41, 5.74) is 0.736. The van der Waals surface area contributed by atoms with Gasteiger partial charge in [0.2, 0.25) is 10.0 Å². The lowest BCUT2D eigenvalue weighted by Crippen LogP contribution is -2.35. The van der Waals surface area contributed by atoms with Crippen molar-refractivity contribution in [3.8, 4) is 0 Å². The van der Waals surface area contributed by atoms with E-state index < -0.39 is 21.9 Å². The molecule has 1 aliphatic heterocycles. The number of thiazole rings is 1. The van der Waals surface area contributed by atoms with Gasteiger partial charge in [-0.15, -0.1) is 0 Å². The van der Waals surface area contributed by atoms with Crippen LogP contribution in [-0.4, -0.2) is 37.5 Å². The minimum absolute atomic E-state index is 0.0697. The molecule has 25 heavy (non-hydrogen) atoms. The largest absolute Gasteiger partial charge is 0.453 e. The van der Waals surface area contributed by atoms with Gasteiger partial charge in [0.1, 0.15) is 5.82 Å². The molecular weight excluding hydrogens is 393 g/mol.